The number of halogens is 2. The van der Waals surface area contributed by atoms with Crippen molar-refractivity contribution in [3.05, 3.63) is 34.9 Å². The molecular formula is C14H15BrClNO3. The van der Waals surface area contributed by atoms with Gasteiger partial charge in [-0.3, -0.25) is 4.79 Å². The first-order valence-electron chi connectivity index (χ1n) is 6.08. The number of ether oxygens (including phenoxy) is 2. The van der Waals surface area contributed by atoms with Crippen LogP contribution in [0.25, 0.3) is 5.70 Å². The number of hydrogen-bond acceptors (Lipinski definition) is 3. The van der Waals surface area contributed by atoms with E-state index in [2.05, 4.69) is 15.9 Å². The summed E-state index contributed by atoms with van der Waals surface area (Å²) in [5, 5.41) is 0.539. The average Bonchev–Trinajstić information content (AvgIpc) is 2.44. The number of allylic oxidation sites excluding steroid dienone is 1. The highest BCUT2D eigenvalue weighted by Gasteiger charge is 2.27. The second kappa shape index (κ2) is 6.61. The number of carbonyl (C=O) groups excluding carboxylic acids is 1. The quantitative estimate of drug-likeness (QED) is 0.611. The summed E-state index contributed by atoms with van der Waals surface area (Å²) in [5.74, 6) is 0.655. The molecule has 20 heavy (non-hydrogen) atoms. The summed E-state index contributed by atoms with van der Waals surface area (Å²) in [7, 11) is 3.30. The van der Waals surface area contributed by atoms with E-state index in [0.29, 0.717) is 17.2 Å². The van der Waals surface area contributed by atoms with Gasteiger partial charge in [0.15, 0.2) is 6.79 Å². The van der Waals surface area contributed by atoms with Crippen LogP contribution in [0.4, 0.5) is 0 Å². The molecule has 0 spiro atoms. The van der Waals surface area contributed by atoms with Crippen LogP contribution >= 0.6 is 27.5 Å². The van der Waals surface area contributed by atoms with Gasteiger partial charge in [0, 0.05) is 25.4 Å². The van der Waals surface area contributed by atoms with Crippen LogP contribution in [-0.2, 0) is 9.53 Å². The minimum atomic E-state index is -0.167. The van der Waals surface area contributed by atoms with E-state index < -0.39 is 0 Å². The van der Waals surface area contributed by atoms with Gasteiger partial charge in [-0.05, 0) is 24.6 Å². The van der Waals surface area contributed by atoms with Crippen LogP contribution in [0, 0.1) is 0 Å². The molecule has 1 aliphatic heterocycles. The van der Waals surface area contributed by atoms with E-state index in [-0.39, 0.29) is 17.5 Å². The van der Waals surface area contributed by atoms with Crippen molar-refractivity contribution in [1.29, 1.82) is 0 Å². The minimum Gasteiger partial charge on any atom is -0.468 e. The van der Waals surface area contributed by atoms with Gasteiger partial charge in [-0.2, -0.15) is 0 Å². The van der Waals surface area contributed by atoms with E-state index in [1.807, 2.05) is 12.1 Å². The zero-order valence-corrected chi connectivity index (χ0v) is 13.6. The first kappa shape index (κ1) is 15.4. The maximum atomic E-state index is 12.0. The highest BCUT2D eigenvalue weighted by molar-refractivity contribution is 9.10. The van der Waals surface area contributed by atoms with Gasteiger partial charge < -0.3 is 14.4 Å². The van der Waals surface area contributed by atoms with Crippen molar-refractivity contribution in [3.8, 4) is 5.75 Å². The average molecular weight is 361 g/mol. The summed E-state index contributed by atoms with van der Waals surface area (Å²) >= 11 is 9.63. The van der Waals surface area contributed by atoms with Crippen LogP contribution in [0.2, 0.25) is 5.02 Å². The molecule has 1 aromatic rings. The van der Waals surface area contributed by atoms with Gasteiger partial charge in [0.2, 0.25) is 5.91 Å². The minimum absolute atomic E-state index is 0.0262. The number of carbonyl (C=O) groups is 1. The lowest BCUT2D eigenvalue weighted by Gasteiger charge is -2.28. The largest absolute Gasteiger partial charge is 0.468 e. The van der Waals surface area contributed by atoms with E-state index in [1.165, 1.54) is 0 Å². The van der Waals surface area contributed by atoms with Crippen molar-refractivity contribution in [3.63, 3.8) is 0 Å². The highest BCUT2D eigenvalue weighted by atomic mass is 79.9. The maximum absolute atomic E-state index is 12.0. The molecule has 1 aliphatic rings. The van der Waals surface area contributed by atoms with Crippen LogP contribution in [0.15, 0.2) is 24.3 Å². The molecular weight excluding hydrogens is 346 g/mol. The van der Waals surface area contributed by atoms with Gasteiger partial charge in [0.25, 0.3) is 0 Å². The fourth-order valence-electron chi connectivity index (χ4n) is 1.99. The van der Waals surface area contributed by atoms with Crippen molar-refractivity contribution in [1.82, 2.24) is 4.90 Å². The summed E-state index contributed by atoms with van der Waals surface area (Å²) in [4.78, 5) is 13.4. The van der Waals surface area contributed by atoms with Crippen molar-refractivity contribution < 1.29 is 14.3 Å². The maximum Gasteiger partial charge on any atom is 0.240 e. The van der Waals surface area contributed by atoms with Crippen molar-refractivity contribution in [2.45, 2.75) is 11.2 Å². The number of benzene rings is 1. The molecule has 0 aromatic heterocycles. The predicted molar refractivity (Wildman–Crippen MR) is 82.0 cm³/mol. The Hall–Kier alpha value is -1.04. The Morgan fingerprint density at radius 2 is 2.25 bits per heavy atom. The standard InChI is InChI=1S/C14H15BrClNO3/c1-17-13(6-5-11(15)14(17)18)10-4-3-9(7-12(10)16)20-8-19-2/h3-4,6-7,11H,5,8H2,1-2H3. The fraction of sp³-hybridized carbons (Fsp3) is 0.357. The normalized spacial score (nSPS) is 19.0. The Morgan fingerprint density at radius 3 is 2.90 bits per heavy atom. The van der Waals surface area contributed by atoms with Gasteiger partial charge in [0.05, 0.1) is 9.85 Å². The van der Waals surface area contributed by atoms with E-state index in [1.54, 1.807) is 31.2 Å². The van der Waals surface area contributed by atoms with E-state index in [9.17, 15) is 4.79 Å². The molecule has 1 aromatic carbocycles. The Morgan fingerprint density at radius 1 is 1.50 bits per heavy atom. The van der Waals surface area contributed by atoms with E-state index in [4.69, 9.17) is 21.1 Å². The predicted octanol–water partition coefficient (Wildman–Crippen LogP) is 3.29. The molecule has 6 heteroatoms. The van der Waals surface area contributed by atoms with Gasteiger partial charge in [-0.15, -0.1) is 0 Å². The molecule has 2 rings (SSSR count). The number of amides is 1. The lowest BCUT2D eigenvalue weighted by molar-refractivity contribution is -0.126. The van der Waals surface area contributed by atoms with E-state index >= 15 is 0 Å². The summed E-state index contributed by atoms with van der Waals surface area (Å²) in [6.07, 6.45) is 2.65. The Balaban J connectivity index is 2.27. The highest BCUT2D eigenvalue weighted by Crippen LogP contribution is 2.33. The molecule has 1 unspecified atom stereocenters. The van der Waals surface area contributed by atoms with Gasteiger partial charge >= 0.3 is 0 Å². The van der Waals surface area contributed by atoms with Crippen LogP contribution in [0.1, 0.15) is 12.0 Å². The summed E-state index contributed by atoms with van der Waals surface area (Å²) in [6.45, 7) is 0.169. The third-order valence-corrected chi connectivity index (χ3v) is 4.12. The first-order valence-corrected chi connectivity index (χ1v) is 7.37. The molecule has 1 heterocycles. The number of rotatable bonds is 4. The zero-order valence-electron chi connectivity index (χ0n) is 11.2. The number of hydrogen-bond donors (Lipinski definition) is 0. The Bertz CT molecular complexity index is 547. The van der Waals surface area contributed by atoms with Crippen molar-refractivity contribution in [2.75, 3.05) is 21.0 Å². The number of alkyl halides is 1. The smallest absolute Gasteiger partial charge is 0.240 e. The summed E-state index contributed by atoms with van der Waals surface area (Å²) < 4.78 is 10.2. The molecule has 108 valence electrons. The molecule has 1 amide bonds. The van der Waals surface area contributed by atoms with Crippen LogP contribution in [0.3, 0.4) is 0 Å². The lowest BCUT2D eigenvalue weighted by atomic mass is 10.0. The number of nitrogens with zero attached hydrogens (tertiary/aromatic N) is 1. The molecule has 0 bridgehead atoms. The third-order valence-electron chi connectivity index (χ3n) is 3.04. The molecule has 4 nitrogen and oxygen atoms in total. The second-order valence-electron chi connectivity index (χ2n) is 4.38. The van der Waals surface area contributed by atoms with Gasteiger partial charge in [-0.25, -0.2) is 0 Å². The van der Waals surface area contributed by atoms with Crippen LogP contribution in [-0.4, -0.2) is 36.6 Å². The van der Waals surface area contributed by atoms with E-state index in [0.717, 1.165) is 11.3 Å². The first-order chi connectivity index (χ1) is 9.54. The van der Waals surface area contributed by atoms with Crippen molar-refractivity contribution >= 4 is 39.1 Å². The molecule has 0 N–H and O–H groups in total. The monoisotopic (exact) mass is 359 g/mol. The molecule has 0 fully saturated rings. The SMILES string of the molecule is COCOc1ccc(C2=CCC(Br)C(=O)N2C)c(Cl)c1. The fourth-order valence-corrected chi connectivity index (χ4v) is 2.75. The number of methoxy groups -OCH3 is 1. The Labute approximate surface area is 131 Å². The molecule has 0 saturated carbocycles. The van der Waals surface area contributed by atoms with Gasteiger partial charge in [-0.1, -0.05) is 33.6 Å². The van der Waals surface area contributed by atoms with Crippen LogP contribution < -0.4 is 4.74 Å². The van der Waals surface area contributed by atoms with Crippen molar-refractivity contribution in [2.24, 2.45) is 0 Å². The van der Waals surface area contributed by atoms with Gasteiger partial charge in [0.1, 0.15) is 5.75 Å². The topological polar surface area (TPSA) is 38.8 Å². The summed E-state index contributed by atoms with van der Waals surface area (Å²) in [5.41, 5.74) is 1.63. The molecule has 1 atom stereocenters. The third kappa shape index (κ3) is 3.16. The molecule has 0 saturated heterocycles. The summed E-state index contributed by atoms with van der Waals surface area (Å²) in [6, 6.07) is 5.37. The van der Waals surface area contributed by atoms with Crippen LogP contribution in [0.5, 0.6) is 5.75 Å². The zero-order chi connectivity index (χ0) is 14.7. The lowest BCUT2D eigenvalue weighted by Crippen LogP contribution is -2.35. The Kier molecular flexibility index (Phi) is 5.07. The second-order valence-corrected chi connectivity index (χ2v) is 5.89. The molecule has 0 aliphatic carbocycles. The molecule has 0 radical (unpaired) electrons.